The summed E-state index contributed by atoms with van der Waals surface area (Å²) < 4.78 is 1.12. The molecule has 0 amide bonds. The third-order valence-corrected chi connectivity index (χ3v) is 5.47. The van der Waals surface area contributed by atoms with E-state index in [0.717, 1.165) is 10.3 Å². The van der Waals surface area contributed by atoms with Crippen molar-refractivity contribution < 1.29 is 0 Å². The third-order valence-electron chi connectivity index (χ3n) is 3.81. The van der Waals surface area contributed by atoms with Crippen LogP contribution >= 0.6 is 27.3 Å². The van der Waals surface area contributed by atoms with Crippen molar-refractivity contribution in [3.63, 3.8) is 0 Å². The van der Waals surface area contributed by atoms with Gasteiger partial charge in [0.25, 0.3) is 0 Å². The van der Waals surface area contributed by atoms with Crippen molar-refractivity contribution in [1.29, 1.82) is 0 Å². The molecule has 4 heteroatoms. The second kappa shape index (κ2) is 5.15. The van der Waals surface area contributed by atoms with Gasteiger partial charge in [-0.1, -0.05) is 13.3 Å². The molecular weight excluding hydrogens is 284 g/mol. The molecule has 0 radical (unpaired) electrons. The molecule has 2 nitrogen and oxygen atoms in total. The normalized spacial score (nSPS) is 20.4. The maximum Gasteiger partial charge on any atom is 0.110 e. The van der Waals surface area contributed by atoms with Crippen LogP contribution in [0.15, 0.2) is 9.98 Å². The van der Waals surface area contributed by atoms with Crippen molar-refractivity contribution in [3.05, 3.63) is 15.0 Å². The number of hydrogen-bond donors (Lipinski definition) is 1. The summed E-state index contributed by atoms with van der Waals surface area (Å²) in [7, 11) is 0. The van der Waals surface area contributed by atoms with Crippen molar-refractivity contribution in [3.8, 4) is 0 Å². The number of halogens is 1. The van der Waals surface area contributed by atoms with E-state index in [0.29, 0.717) is 11.5 Å². The monoisotopic (exact) mass is 302 g/mol. The summed E-state index contributed by atoms with van der Waals surface area (Å²) in [5, 5.41) is 4.81. The summed E-state index contributed by atoms with van der Waals surface area (Å²) in [6.45, 7) is 5.65. The molecule has 0 bridgehead atoms. The number of rotatable bonds is 5. The van der Waals surface area contributed by atoms with Gasteiger partial charge in [0, 0.05) is 6.54 Å². The predicted molar refractivity (Wildman–Crippen MR) is 72.8 cm³/mol. The van der Waals surface area contributed by atoms with Gasteiger partial charge in [-0.15, -0.1) is 11.3 Å². The van der Waals surface area contributed by atoms with E-state index in [1.807, 2.05) is 6.20 Å². The minimum Gasteiger partial charge on any atom is -0.308 e. The maximum atomic E-state index is 4.40. The van der Waals surface area contributed by atoms with E-state index in [1.54, 1.807) is 11.3 Å². The standard InChI is InChI=1S/C12H19BrN2S/c1-3-12(5-4-6-12)8-15-9(2)11-14-7-10(13)16-11/h7,9,15H,3-6,8H2,1-2H3. The summed E-state index contributed by atoms with van der Waals surface area (Å²) in [6.07, 6.45) is 7.38. The first-order valence-electron chi connectivity index (χ1n) is 6.00. The smallest absolute Gasteiger partial charge is 0.110 e. The van der Waals surface area contributed by atoms with Crippen molar-refractivity contribution in [1.82, 2.24) is 10.3 Å². The van der Waals surface area contributed by atoms with E-state index < -0.39 is 0 Å². The Bertz CT molecular complexity index is 341. The Morgan fingerprint density at radius 3 is 2.81 bits per heavy atom. The first kappa shape index (κ1) is 12.5. The summed E-state index contributed by atoms with van der Waals surface area (Å²) >= 11 is 5.18. The van der Waals surface area contributed by atoms with Crippen LogP contribution in [0.1, 0.15) is 50.6 Å². The number of nitrogens with zero attached hydrogens (tertiary/aromatic N) is 1. The van der Waals surface area contributed by atoms with Gasteiger partial charge in [-0.3, -0.25) is 0 Å². The zero-order chi connectivity index (χ0) is 11.6. The Morgan fingerprint density at radius 1 is 1.62 bits per heavy atom. The molecule has 2 rings (SSSR count). The van der Waals surface area contributed by atoms with Gasteiger partial charge in [-0.05, 0) is 47.5 Å². The Balaban J connectivity index is 1.86. The molecule has 90 valence electrons. The predicted octanol–water partition coefficient (Wildman–Crippen LogP) is 4.14. The van der Waals surface area contributed by atoms with Gasteiger partial charge < -0.3 is 5.32 Å². The quantitative estimate of drug-likeness (QED) is 0.884. The summed E-state index contributed by atoms with van der Waals surface area (Å²) in [5.74, 6) is 0. The molecule has 1 atom stereocenters. The van der Waals surface area contributed by atoms with Crippen molar-refractivity contribution in [2.45, 2.75) is 45.6 Å². The van der Waals surface area contributed by atoms with Gasteiger partial charge in [0.05, 0.1) is 16.0 Å². The van der Waals surface area contributed by atoms with Crippen LogP contribution < -0.4 is 5.32 Å². The number of nitrogens with one attached hydrogen (secondary N) is 1. The highest BCUT2D eigenvalue weighted by Gasteiger charge is 2.35. The molecule has 0 saturated heterocycles. The van der Waals surface area contributed by atoms with Crippen LogP contribution in [0.5, 0.6) is 0 Å². The van der Waals surface area contributed by atoms with Crippen LogP contribution in [0.25, 0.3) is 0 Å². The second-order valence-corrected chi connectivity index (χ2v) is 7.25. The molecule has 1 fully saturated rings. The van der Waals surface area contributed by atoms with E-state index in [1.165, 1.54) is 30.7 Å². The SMILES string of the molecule is CCC1(CNC(C)c2ncc(Br)s2)CCC1. The Morgan fingerprint density at radius 2 is 2.38 bits per heavy atom. The molecule has 1 aliphatic carbocycles. The van der Waals surface area contributed by atoms with Gasteiger partial charge in [0.2, 0.25) is 0 Å². The van der Waals surface area contributed by atoms with E-state index in [2.05, 4.69) is 40.1 Å². The first-order chi connectivity index (χ1) is 7.65. The number of aromatic nitrogens is 1. The van der Waals surface area contributed by atoms with Crippen molar-refractivity contribution >= 4 is 27.3 Å². The molecule has 1 heterocycles. The van der Waals surface area contributed by atoms with E-state index in [4.69, 9.17) is 0 Å². The average Bonchev–Trinajstić information content (AvgIpc) is 2.64. The van der Waals surface area contributed by atoms with Gasteiger partial charge in [-0.2, -0.15) is 0 Å². The number of hydrogen-bond acceptors (Lipinski definition) is 3. The molecule has 1 aromatic rings. The lowest BCUT2D eigenvalue weighted by Crippen LogP contribution is -2.40. The van der Waals surface area contributed by atoms with Crippen LogP contribution in [-0.4, -0.2) is 11.5 Å². The summed E-state index contributed by atoms with van der Waals surface area (Å²) in [4.78, 5) is 4.40. The fraction of sp³-hybridized carbons (Fsp3) is 0.750. The fourth-order valence-electron chi connectivity index (χ4n) is 2.26. The summed E-state index contributed by atoms with van der Waals surface area (Å²) in [6, 6.07) is 0.375. The van der Waals surface area contributed by atoms with Crippen molar-refractivity contribution in [2.75, 3.05) is 6.54 Å². The molecule has 1 unspecified atom stereocenters. The molecule has 0 spiro atoms. The van der Waals surface area contributed by atoms with E-state index in [9.17, 15) is 0 Å². The van der Waals surface area contributed by atoms with Gasteiger partial charge in [0.15, 0.2) is 0 Å². The van der Waals surface area contributed by atoms with Crippen LogP contribution in [0.4, 0.5) is 0 Å². The van der Waals surface area contributed by atoms with Crippen LogP contribution in [0, 0.1) is 5.41 Å². The lowest BCUT2D eigenvalue weighted by atomic mass is 9.67. The topological polar surface area (TPSA) is 24.9 Å². The molecule has 1 N–H and O–H groups in total. The van der Waals surface area contributed by atoms with Crippen LogP contribution in [-0.2, 0) is 0 Å². The molecule has 1 aromatic heterocycles. The molecule has 1 aliphatic rings. The fourth-order valence-corrected chi connectivity index (χ4v) is 3.53. The Hall–Kier alpha value is 0.0700. The second-order valence-electron chi connectivity index (χ2n) is 4.81. The van der Waals surface area contributed by atoms with Gasteiger partial charge in [-0.25, -0.2) is 4.98 Å². The average molecular weight is 303 g/mol. The zero-order valence-electron chi connectivity index (χ0n) is 9.92. The largest absolute Gasteiger partial charge is 0.308 e. The lowest BCUT2D eigenvalue weighted by molar-refractivity contribution is 0.120. The van der Waals surface area contributed by atoms with E-state index in [-0.39, 0.29) is 0 Å². The summed E-state index contributed by atoms with van der Waals surface area (Å²) in [5.41, 5.74) is 0.586. The molecule has 1 saturated carbocycles. The highest BCUT2D eigenvalue weighted by atomic mass is 79.9. The minimum atomic E-state index is 0.375. The van der Waals surface area contributed by atoms with E-state index >= 15 is 0 Å². The molecule has 16 heavy (non-hydrogen) atoms. The maximum absolute atomic E-state index is 4.40. The highest BCUT2D eigenvalue weighted by Crippen LogP contribution is 2.43. The Labute approximate surface area is 110 Å². The minimum absolute atomic E-state index is 0.375. The van der Waals surface area contributed by atoms with Crippen LogP contribution in [0.2, 0.25) is 0 Å². The zero-order valence-corrected chi connectivity index (χ0v) is 12.3. The third kappa shape index (κ3) is 2.66. The molecule has 0 aromatic carbocycles. The van der Waals surface area contributed by atoms with Crippen molar-refractivity contribution in [2.24, 2.45) is 5.41 Å². The lowest BCUT2D eigenvalue weighted by Gasteiger charge is -2.42. The molecule has 0 aliphatic heterocycles. The molecular formula is C12H19BrN2S. The first-order valence-corrected chi connectivity index (χ1v) is 7.61. The van der Waals surface area contributed by atoms with Gasteiger partial charge in [0.1, 0.15) is 5.01 Å². The Kier molecular flexibility index (Phi) is 4.03. The number of thiazole rings is 1. The van der Waals surface area contributed by atoms with Crippen LogP contribution in [0.3, 0.4) is 0 Å². The van der Waals surface area contributed by atoms with Gasteiger partial charge >= 0.3 is 0 Å². The highest BCUT2D eigenvalue weighted by molar-refractivity contribution is 9.11.